The number of aliphatic hydroxyl groups excluding tert-OH is 1. The van der Waals surface area contributed by atoms with Gasteiger partial charge in [0.05, 0.1) is 6.10 Å². The number of alkyl carbamates (subject to hydrolysis) is 1. The number of benzene rings is 1. The summed E-state index contributed by atoms with van der Waals surface area (Å²) in [5.41, 5.74) is 7.30. The fraction of sp³-hybridized carbons (Fsp3) is 0.724. The zero-order chi connectivity index (χ0) is 26.2. The molecule has 0 radical (unpaired) electrons. The second-order valence-corrected chi connectivity index (χ2v) is 10.9. The van der Waals surface area contributed by atoms with Gasteiger partial charge in [-0.25, -0.2) is 4.79 Å². The van der Waals surface area contributed by atoms with E-state index in [4.69, 9.17) is 10.5 Å². The first-order valence-corrected chi connectivity index (χ1v) is 14.0. The quantitative estimate of drug-likeness (QED) is 0.239. The molecular formula is C29H49N3O4. The van der Waals surface area contributed by atoms with Crippen LogP contribution < -0.4 is 16.4 Å². The van der Waals surface area contributed by atoms with Crippen LogP contribution in [0.5, 0.6) is 0 Å². The van der Waals surface area contributed by atoms with Gasteiger partial charge in [-0.2, -0.15) is 0 Å². The highest BCUT2D eigenvalue weighted by Crippen LogP contribution is 2.28. The van der Waals surface area contributed by atoms with Gasteiger partial charge < -0.3 is 26.2 Å². The van der Waals surface area contributed by atoms with Crippen molar-refractivity contribution in [3.05, 3.63) is 35.9 Å². The summed E-state index contributed by atoms with van der Waals surface area (Å²) in [6, 6.07) is 9.32. The molecule has 5 N–H and O–H groups in total. The number of carbonyl (C=O) groups is 2. The van der Waals surface area contributed by atoms with Crippen molar-refractivity contribution in [2.45, 2.75) is 103 Å². The molecule has 36 heavy (non-hydrogen) atoms. The van der Waals surface area contributed by atoms with Crippen LogP contribution in [0.4, 0.5) is 4.79 Å². The van der Waals surface area contributed by atoms with E-state index < -0.39 is 12.2 Å². The van der Waals surface area contributed by atoms with Gasteiger partial charge in [0.2, 0.25) is 5.91 Å². The summed E-state index contributed by atoms with van der Waals surface area (Å²) in [5.74, 6) is 0.768. The summed E-state index contributed by atoms with van der Waals surface area (Å²) in [4.78, 5) is 24.6. The highest BCUT2D eigenvalue weighted by molar-refractivity contribution is 5.78. The predicted octanol–water partition coefficient (Wildman–Crippen LogP) is 4.91. The van der Waals surface area contributed by atoms with Gasteiger partial charge in [-0.05, 0) is 55.9 Å². The van der Waals surface area contributed by atoms with Crippen molar-refractivity contribution < 1.29 is 19.4 Å². The van der Waals surface area contributed by atoms with Crippen LogP contribution in [0.25, 0.3) is 0 Å². The zero-order valence-electron chi connectivity index (χ0n) is 22.4. The molecule has 2 amide bonds. The van der Waals surface area contributed by atoms with E-state index in [0.29, 0.717) is 31.3 Å². The van der Waals surface area contributed by atoms with Crippen molar-refractivity contribution in [1.82, 2.24) is 10.6 Å². The van der Waals surface area contributed by atoms with Crippen LogP contribution in [0.2, 0.25) is 0 Å². The van der Waals surface area contributed by atoms with Crippen LogP contribution in [0, 0.1) is 17.8 Å². The molecule has 0 aliphatic heterocycles. The number of hydrogen-bond donors (Lipinski definition) is 4. The number of unbranched alkanes of at least 4 members (excludes halogenated alkanes) is 2. The number of ether oxygens (including phenoxy) is 1. The number of nitrogens with two attached hydrogens (primary N) is 1. The number of hydrogen-bond acceptors (Lipinski definition) is 5. The van der Waals surface area contributed by atoms with Crippen LogP contribution >= 0.6 is 0 Å². The number of aliphatic hydroxyl groups is 1. The second kappa shape index (κ2) is 17.4. The number of nitrogens with one attached hydrogen (secondary N) is 2. The lowest BCUT2D eigenvalue weighted by atomic mass is 9.82. The Labute approximate surface area is 217 Å². The molecule has 1 aliphatic carbocycles. The third-order valence-corrected chi connectivity index (χ3v) is 7.11. The van der Waals surface area contributed by atoms with Crippen molar-refractivity contribution in [2.75, 3.05) is 13.1 Å². The van der Waals surface area contributed by atoms with Gasteiger partial charge in [-0.15, -0.1) is 0 Å². The first kappa shape index (κ1) is 30.1. The molecule has 7 heteroatoms. The lowest BCUT2D eigenvalue weighted by molar-refractivity contribution is -0.126. The molecule has 0 spiro atoms. The third kappa shape index (κ3) is 12.7. The van der Waals surface area contributed by atoms with Crippen LogP contribution in [0.1, 0.15) is 90.0 Å². The van der Waals surface area contributed by atoms with Gasteiger partial charge in [-0.1, -0.05) is 76.3 Å². The molecular weight excluding hydrogens is 454 g/mol. The van der Waals surface area contributed by atoms with E-state index >= 15 is 0 Å². The summed E-state index contributed by atoms with van der Waals surface area (Å²) in [7, 11) is 0. The van der Waals surface area contributed by atoms with Crippen LogP contribution in [0.3, 0.4) is 0 Å². The fourth-order valence-electron chi connectivity index (χ4n) is 5.06. The molecule has 0 saturated heterocycles. The number of amides is 2. The molecule has 204 valence electrons. The molecule has 1 aliphatic rings. The molecule has 1 fully saturated rings. The predicted molar refractivity (Wildman–Crippen MR) is 144 cm³/mol. The van der Waals surface area contributed by atoms with Gasteiger partial charge in [-0.3, -0.25) is 4.79 Å². The number of rotatable bonds is 16. The Bertz CT molecular complexity index is 737. The highest BCUT2D eigenvalue weighted by atomic mass is 16.5. The number of carbonyl (C=O) groups excluding carboxylic acids is 2. The van der Waals surface area contributed by atoms with Gasteiger partial charge in [0, 0.05) is 25.0 Å². The van der Waals surface area contributed by atoms with Gasteiger partial charge in [0.15, 0.2) is 0 Å². The zero-order valence-corrected chi connectivity index (χ0v) is 22.4. The summed E-state index contributed by atoms with van der Waals surface area (Å²) < 4.78 is 5.20. The lowest BCUT2D eigenvalue weighted by Gasteiger charge is -2.29. The van der Waals surface area contributed by atoms with Crippen molar-refractivity contribution in [2.24, 2.45) is 23.5 Å². The van der Waals surface area contributed by atoms with E-state index in [2.05, 4.69) is 24.5 Å². The van der Waals surface area contributed by atoms with E-state index in [1.807, 2.05) is 30.3 Å². The standard InChI is InChI=1S/C29H49N3O4/c1-22(2)18-25(20-27(33)26(30)19-23-12-6-3-7-13-23)28(34)31-16-10-5-11-17-32-29(35)36-21-24-14-8-4-9-15-24/h4,8-9,14-15,22-23,25-27,33H,3,5-7,10-13,16-21,30H2,1-2H3,(H,31,34)(H,32,35)/t25-,26+,27+/m1/s1. The van der Waals surface area contributed by atoms with Crippen molar-refractivity contribution >= 4 is 12.0 Å². The van der Waals surface area contributed by atoms with Crippen molar-refractivity contribution in [1.29, 1.82) is 0 Å². The molecule has 2 rings (SSSR count). The summed E-state index contributed by atoms with van der Waals surface area (Å²) >= 11 is 0. The van der Waals surface area contributed by atoms with Gasteiger partial charge in [0.25, 0.3) is 0 Å². The molecule has 3 atom stereocenters. The Hall–Kier alpha value is -2.12. The molecule has 0 unspecified atom stereocenters. The second-order valence-electron chi connectivity index (χ2n) is 10.9. The molecule has 1 aromatic rings. The lowest BCUT2D eigenvalue weighted by Crippen LogP contribution is -2.41. The van der Waals surface area contributed by atoms with E-state index in [1.54, 1.807) is 0 Å². The minimum absolute atomic E-state index is 0.00947. The smallest absolute Gasteiger partial charge is 0.407 e. The summed E-state index contributed by atoms with van der Waals surface area (Å²) in [6.45, 7) is 5.61. The summed E-state index contributed by atoms with van der Waals surface area (Å²) in [5, 5.41) is 16.6. The van der Waals surface area contributed by atoms with Crippen molar-refractivity contribution in [3.63, 3.8) is 0 Å². The van der Waals surface area contributed by atoms with Crippen LogP contribution in [-0.2, 0) is 16.1 Å². The largest absolute Gasteiger partial charge is 0.445 e. The summed E-state index contributed by atoms with van der Waals surface area (Å²) in [6.07, 6.45) is 9.77. The minimum atomic E-state index is -0.644. The third-order valence-electron chi connectivity index (χ3n) is 7.11. The van der Waals surface area contributed by atoms with E-state index in [0.717, 1.165) is 37.7 Å². The molecule has 7 nitrogen and oxygen atoms in total. The molecule has 0 heterocycles. The van der Waals surface area contributed by atoms with Crippen LogP contribution in [-0.4, -0.2) is 42.3 Å². The highest BCUT2D eigenvalue weighted by Gasteiger charge is 2.27. The van der Waals surface area contributed by atoms with E-state index in [9.17, 15) is 14.7 Å². The maximum atomic E-state index is 12.9. The molecule has 0 aromatic heterocycles. The maximum Gasteiger partial charge on any atom is 0.407 e. The minimum Gasteiger partial charge on any atom is -0.445 e. The van der Waals surface area contributed by atoms with E-state index in [1.165, 1.54) is 32.1 Å². The molecule has 1 saturated carbocycles. The Morgan fingerprint density at radius 3 is 2.33 bits per heavy atom. The van der Waals surface area contributed by atoms with Crippen molar-refractivity contribution in [3.8, 4) is 0 Å². The first-order valence-electron chi connectivity index (χ1n) is 14.0. The topological polar surface area (TPSA) is 114 Å². The van der Waals surface area contributed by atoms with E-state index in [-0.39, 0.29) is 24.5 Å². The monoisotopic (exact) mass is 503 g/mol. The Morgan fingerprint density at radius 2 is 1.67 bits per heavy atom. The van der Waals surface area contributed by atoms with Gasteiger partial charge in [0.1, 0.15) is 6.61 Å². The normalized spacial score (nSPS) is 16.8. The van der Waals surface area contributed by atoms with Gasteiger partial charge >= 0.3 is 6.09 Å². The molecule has 0 bridgehead atoms. The fourth-order valence-corrected chi connectivity index (χ4v) is 5.06. The Balaban J connectivity index is 1.59. The Kier molecular flexibility index (Phi) is 14.5. The molecule has 1 aromatic carbocycles. The maximum absolute atomic E-state index is 12.9. The SMILES string of the molecule is CC(C)C[C@H](C[C@H](O)[C@@H](N)CC1CCCCC1)C(=O)NCCCCCNC(=O)OCc1ccccc1. The average Bonchev–Trinajstić information content (AvgIpc) is 2.87. The Morgan fingerprint density at radius 1 is 1.00 bits per heavy atom. The average molecular weight is 504 g/mol. The first-order chi connectivity index (χ1) is 17.3. The van der Waals surface area contributed by atoms with Crippen LogP contribution in [0.15, 0.2) is 30.3 Å².